The van der Waals surface area contributed by atoms with Gasteiger partial charge in [0.25, 0.3) is 0 Å². The fourth-order valence-corrected chi connectivity index (χ4v) is 2.31. The molecule has 1 heterocycles. The number of benzene rings is 2. The van der Waals surface area contributed by atoms with Gasteiger partial charge < -0.3 is 9.84 Å². The van der Waals surface area contributed by atoms with Gasteiger partial charge in [-0.15, -0.1) is 10.2 Å². The van der Waals surface area contributed by atoms with Gasteiger partial charge in [-0.25, -0.2) is 4.39 Å². The molecule has 3 aromatic rings. The fraction of sp³-hybridized carbons (Fsp3) is 0.125. The molecule has 0 aliphatic carbocycles. The smallest absolute Gasteiger partial charge is 0.239 e. The first-order valence-electron chi connectivity index (χ1n) is 6.40. The molecule has 21 heavy (non-hydrogen) atoms. The molecule has 106 valence electrons. The SMILES string of the molecule is COc1cc(C)ccc1-c1nnc(O)c2cc(F)ccc12. The van der Waals surface area contributed by atoms with Crippen molar-refractivity contribution < 1.29 is 14.2 Å². The van der Waals surface area contributed by atoms with Crippen molar-refractivity contribution in [3.63, 3.8) is 0 Å². The molecule has 3 rings (SSSR count). The summed E-state index contributed by atoms with van der Waals surface area (Å²) in [5.41, 5.74) is 2.34. The highest BCUT2D eigenvalue weighted by Crippen LogP contribution is 2.35. The lowest BCUT2D eigenvalue weighted by atomic mass is 10.0. The van der Waals surface area contributed by atoms with Gasteiger partial charge in [-0.2, -0.15) is 0 Å². The number of nitrogens with zero attached hydrogens (tertiary/aromatic N) is 2. The Morgan fingerprint density at radius 3 is 2.62 bits per heavy atom. The van der Waals surface area contributed by atoms with Gasteiger partial charge >= 0.3 is 0 Å². The third-order valence-corrected chi connectivity index (χ3v) is 3.33. The molecular weight excluding hydrogens is 271 g/mol. The second kappa shape index (κ2) is 5.01. The lowest BCUT2D eigenvalue weighted by molar-refractivity contribution is 0.416. The van der Waals surface area contributed by atoms with E-state index in [2.05, 4.69) is 10.2 Å². The van der Waals surface area contributed by atoms with Gasteiger partial charge in [-0.1, -0.05) is 6.07 Å². The van der Waals surface area contributed by atoms with Crippen LogP contribution in [-0.2, 0) is 0 Å². The van der Waals surface area contributed by atoms with Crippen molar-refractivity contribution in [3.8, 4) is 22.9 Å². The zero-order chi connectivity index (χ0) is 15.0. The summed E-state index contributed by atoms with van der Waals surface area (Å²) < 4.78 is 18.7. The lowest BCUT2D eigenvalue weighted by Crippen LogP contribution is -1.95. The van der Waals surface area contributed by atoms with Crippen LogP contribution in [0.1, 0.15) is 5.56 Å². The van der Waals surface area contributed by atoms with E-state index in [1.165, 1.54) is 12.1 Å². The molecule has 0 saturated heterocycles. The highest BCUT2D eigenvalue weighted by atomic mass is 19.1. The topological polar surface area (TPSA) is 55.2 Å². The number of methoxy groups -OCH3 is 1. The Morgan fingerprint density at radius 2 is 1.86 bits per heavy atom. The molecule has 2 aromatic carbocycles. The second-order valence-corrected chi connectivity index (χ2v) is 4.77. The number of halogens is 1. The largest absolute Gasteiger partial charge is 0.496 e. The first kappa shape index (κ1) is 13.3. The second-order valence-electron chi connectivity index (χ2n) is 4.77. The van der Waals surface area contributed by atoms with E-state index in [9.17, 15) is 9.50 Å². The number of fused-ring (bicyclic) bond motifs is 1. The van der Waals surface area contributed by atoms with Crippen LogP contribution in [0.2, 0.25) is 0 Å². The van der Waals surface area contributed by atoms with Crippen LogP contribution in [0, 0.1) is 12.7 Å². The minimum Gasteiger partial charge on any atom is -0.496 e. The molecule has 5 heteroatoms. The summed E-state index contributed by atoms with van der Waals surface area (Å²) in [4.78, 5) is 0. The Bertz CT molecular complexity index is 834. The number of aryl methyl sites for hydroxylation is 1. The summed E-state index contributed by atoms with van der Waals surface area (Å²) >= 11 is 0. The van der Waals surface area contributed by atoms with Crippen molar-refractivity contribution in [2.75, 3.05) is 7.11 Å². The molecule has 0 aliphatic heterocycles. The minimum atomic E-state index is -0.437. The van der Waals surface area contributed by atoms with Gasteiger partial charge in [0.2, 0.25) is 5.88 Å². The van der Waals surface area contributed by atoms with Gasteiger partial charge in [0, 0.05) is 10.9 Å². The predicted molar refractivity (Wildman–Crippen MR) is 77.9 cm³/mol. The van der Waals surface area contributed by atoms with Crippen LogP contribution in [0.5, 0.6) is 11.6 Å². The van der Waals surface area contributed by atoms with Crippen molar-refractivity contribution in [2.45, 2.75) is 6.92 Å². The maximum atomic E-state index is 13.4. The molecule has 1 N–H and O–H groups in total. The summed E-state index contributed by atoms with van der Waals surface area (Å²) in [6, 6.07) is 9.84. The minimum absolute atomic E-state index is 0.292. The molecule has 1 aromatic heterocycles. The van der Waals surface area contributed by atoms with Gasteiger partial charge in [0.05, 0.1) is 12.5 Å². The quantitative estimate of drug-likeness (QED) is 0.783. The molecule has 0 radical (unpaired) electrons. The Kier molecular flexibility index (Phi) is 3.17. The van der Waals surface area contributed by atoms with Crippen molar-refractivity contribution in [3.05, 3.63) is 47.8 Å². The van der Waals surface area contributed by atoms with E-state index < -0.39 is 5.82 Å². The zero-order valence-electron chi connectivity index (χ0n) is 11.6. The predicted octanol–water partition coefficient (Wildman–Crippen LogP) is 3.46. The fourth-order valence-electron chi connectivity index (χ4n) is 2.31. The maximum absolute atomic E-state index is 13.4. The van der Waals surface area contributed by atoms with E-state index in [1.807, 2.05) is 25.1 Å². The molecule has 0 amide bonds. The normalized spacial score (nSPS) is 10.8. The first-order valence-corrected chi connectivity index (χ1v) is 6.40. The molecule has 0 saturated carbocycles. The molecule has 0 spiro atoms. The van der Waals surface area contributed by atoms with E-state index >= 15 is 0 Å². The van der Waals surface area contributed by atoms with Crippen molar-refractivity contribution in [1.29, 1.82) is 0 Å². The van der Waals surface area contributed by atoms with Crippen LogP contribution < -0.4 is 4.74 Å². The highest BCUT2D eigenvalue weighted by Gasteiger charge is 2.14. The molecule has 0 unspecified atom stereocenters. The summed E-state index contributed by atoms with van der Waals surface area (Å²) in [7, 11) is 1.58. The summed E-state index contributed by atoms with van der Waals surface area (Å²) in [5, 5.41) is 18.5. The van der Waals surface area contributed by atoms with Gasteiger partial charge in [0.15, 0.2) is 0 Å². The number of aromatic hydroxyl groups is 1. The zero-order valence-corrected chi connectivity index (χ0v) is 11.6. The Labute approximate surface area is 120 Å². The van der Waals surface area contributed by atoms with Crippen LogP contribution >= 0.6 is 0 Å². The van der Waals surface area contributed by atoms with Crippen LogP contribution in [-0.4, -0.2) is 22.4 Å². The van der Waals surface area contributed by atoms with E-state index in [0.29, 0.717) is 22.2 Å². The number of rotatable bonds is 2. The van der Waals surface area contributed by atoms with Crippen LogP contribution in [0.25, 0.3) is 22.0 Å². The van der Waals surface area contributed by atoms with Gasteiger partial charge in [-0.3, -0.25) is 0 Å². The molecule has 0 atom stereocenters. The molecule has 0 fully saturated rings. The summed E-state index contributed by atoms with van der Waals surface area (Å²) in [6.07, 6.45) is 0. The number of aromatic nitrogens is 2. The summed E-state index contributed by atoms with van der Waals surface area (Å²) in [6.45, 7) is 1.96. The average molecular weight is 284 g/mol. The van der Waals surface area contributed by atoms with E-state index in [1.54, 1.807) is 13.2 Å². The molecule has 0 bridgehead atoms. The van der Waals surface area contributed by atoms with Crippen LogP contribution in [0.15, 0.2) is 36.4 Å². The Morgan fingerprint density at radius 1 is 1.05 bits per heavy atom. The van der Waals surface area contributed by atoms with Crippen molar-refractivity contribution in [2.24, 2.45) is 0 Å². The maximum Gasteiger partial charge on any atom is 0.239 e. The van der Waals surface area contributed by atoms with E-state index in [4.69, 9.17) is 4.74 Å². The lowest BCUT2D eigenvalue weighted by Gasteiger charge is -2.11. The molecular formula is C16H13FN2O2. The molecule has 4 nitrogen and oxygen atoms in total. The van der Waals surface area contributed by atoms with Crippen molar-refractivity contribution in [1.82, 2.24) is 10.2 Å². The standard InChI is InChI=1S/C16H13FN2O2/c1-9-3-5-12(14(7-9)21-2)15-11-6-4-10(17)8-13(11)16(20)19-18-15/h3-8H,1-2H3,(H,19,20). The van der Waals surface area contributed by atoms with Crippen LogP contribution in [0.4, 0.5) is 4.39 Å². The van der Waals surface area contributed by atoms with Gasteiger partial charge in [-0.05, 0) is 42.8 Å². The third kappa shape index (κ3) is 2.27. The molecule has 0 aliphatic rings. The average Bonchev–Trinajstić information content (AvgIpc) is 2.48. The number of ether oxygens (including phenoxy) is 1. The number of hydrogen-bond acceptors (Lipinski definition) is 4. The van der Waals surface area contributed by atoms with Crippen LogP contribution in [0.3, 0.4) is 0 Å². The Hall–Kier alpha value is -2.69. The third-order valence-electron chi connectivity index (χ3n) is 3.33. The first-order chi connectivity index (χ1) is 10.1. The monoisotopic (exact) mass is 284 g/mol. The van der Waals surface area contributed by atoms with E-state index in [0.717, 1.165) is 11.1 Å². The summed E-state index contributed by atoms with van der Waals surface area (Å²) in [5.74, 6) is -0.0763. The van der Waals surface area contributed by atoms with E-state index in [-0.39, 0.29) is 5.88 Å². The van der Waals surface area contributed by atoms with Gasteiger partial charge in [0.1, 0.15) is 17.3 Å². The highest BCUT2D eigenvalue weighted by molar-refractivity contribution is 5.97. The number of hydrogen-bond donors (Lipinski definition) is 1. The van der Waals surface area contributed by atoms with Crippen molar-refractivity contribution >= 4 is 10.8 Å². The Balaban J connectivity index is 2.33.